The number of non-ortho nitro benzene ring substituents is 1. The Morgan fingerprint density at radius 1 is 1.21 bits per heavy atom. The van der Waals surface area contributed by atoms with Crippen molar-refractivity contribution in [3.05, 3.63) is 62.7 Å². The molecule has 1 unspecified atom stereocenters. The minimum Gasteiger partial charge on any atom is -0.318 e. The van der Waals surface area contributed by atoms with E-state index in [1.807, 2.05) is 13.0 Å². The van der Waals surface area contributed by atoms with Crippen LogP contribution in [0.1, 0.15) is 24.0 Å². The zero-order chi connectivity index (χ0) is 23.2. The van der Waals surface area contributed by atoms with Crippen LogP contribution in [0.2, 0.25) is 5.02 Å². The van der Waals surface area contributed by atoms with Gasteiger partial charge in [0.25, 0.3) is 11.6 Å². The van der Waals surface area contributed by atoms with E-state index in [0.29, 0.717) is 22.8 Å². The number of nitrogens with one attached hydrogen (secondary N) is 2. The molecule has 0 aliphatic carbocycles. The van der Waals surface area contributed by atoms with Crippen LogP contribution in [0.3, 0.4) is 0 Å². The van der Waals surface area contributed by atoms with Crippen molar-refractivity contribution < 1.29 is 24.2 Å². The fraction of sp³-hybridized carbons (Fsp3) is 0.348. The zero-order valence-corrected chi connectivity index (χ0v) is 18.4. The third-order valence-corrected chi connectivity index (χ3v) is 8.02. The number of carbonyl (C=O) groups is 3. The molecular formula is C23H20ClN4O5+. The maximum absolute atomic E-state index is 13.9. The highest BCUT2D eigenvalue weighted by atomic mass is 35.5. The predicted molar refractivity (Wildman–Crippen MR) is 118 cm³/mol. The summed E-state index contributed by atoms with van der Waals surface area (Å²) in [6.07, 6.45) is 1.56. The number of aryl methyl sites for hydroxylation is 1. The molecule has 10 heteroatoms. The van der Waals surface area contributed by atoms with Crippen molar-refractivity contribution in [1.82, 2.24) is 0 Å². The summed E-state index contributed by atoms with van der Waals surface area (Å²) in [6.45, 7) is 2.55. The normalized spacial score (nSPS) is 31.7. The molecule has 2 aromatic rings. The molecule has 3 amide bonds. The summed E-state index contributed by atoms with van der Waals surface area (Å²) in [5, 5.41) is 14.6. The van der Waals surface area contributed by atoms with E-state index in [1.54, 1.807) is 6.07 Å². The van der Waals surface area contributed by atoms with Crippen LogP contribution in [0.4, 0.5) is 17.1 Å². The molecule has 0 bridgehead atoms. The molecule has 1 spiro atoms. The molecule has 0 aromatic heterocycles. The Hall–Kier alpha value is -3.30. The largest absolute Gasteiger partial charge is 0.318 e. The number of nitrogens with zero attached hydrogens (tertiary/aromatic N) is 2. The second kappa shape index (κ2) is 6.61. The van der Waals surface area contributed by atoms with Crippen LogP contribution in [0.5, 0.6) is 0 Å². The number of nitro benzene ring substituents is 1. The van der Waals surface area contributed by atoms with Gasteiger partial charge in [-0.15, -0.1) is 0 Å². The molecule has 5 atom stereocenters. The molecule has 0 radical (unpaired) electrons. The van der Waals surface area contributed by atoms with Crippen LogP contribution in [0.15, 0.2) is 36.4 Å². The van der Waals surface area contributed by atoms with Crippen molar-refractivity contribution in [2.24, 2.45) is 11.8 Å². The van der Waals surface area contributed by atoms with E-state index in [-0.39, 0.29) is 23.3 Å². The quantitative estimate of drug-likeness (QED) is 0.395. The first-order chi connectivity index (χ1) is 15.8. The maximum Gasteiger partial charge on any atom is 0.291 e. The van der Waals surface area contributed by atoms with Gasteiger partial charge in [0.05, 0.1) is 27.9 Å². The van der Waals surface area contributed by atoms with Gasteiger partial charge in [0.2, 0.25) is 17.4 Å². The van der Waals surface area contributed by atoms with Gasteiger partial charge in [-0.05, 0) is 30.7 Å². The van der Waals surface area contributed by atoms with Crippen molar-refractivity contribution in [2.75, 3.05) is 16.8 Å². The second-order valence-corrected chi connectivity index (χ2v) is 9.65. The molecule has 3 fully saturated rings. The molecule has 6 rings (SSSR count). The lowest BCUT2D eigenvalue weighted by molar-refractivity contribution is -0.948. The first kappa shape index (κ1) is 20.3. The van der Waals surface area contributed by atoms with E-state index >= 15 is 0 Å². The Morgan fingerprint density at radius 2 is 2.00 bits per heavy atom. The van der Waals surface area contributed by atoms with E-state index in [9.17, 15) is 24.5 Å². The van der Waals surface area contributed by atoms with Crippen LogP contribution in [-0.2, 0) is 19.9 Å². The number of hydrogen-bond acceptors (Lipinski definition) is 5. The summed E-state index contributed by atoms with van der Waals surface area (Å²) >= 11 is 6.47. The molecule has 2 N–H and O–H groups in total. The van der Waals surface area contributed by atoms with E-state index in [4.69, 9.17) is 11.6 Å². The van der Waals surface area contributed by atoms with Gasteiger partial charge in [0.15, 0.2) is 0 Å². The van der Waals surface area contributed by atoms with Crippen molar-refractivity contribution in [1.29, 1.82) is 0 Å². The Kier molecular flexibility index (Phi) is 4.07. The summed E-state index contributed by atoms with van der Waals surface area (Å²) in [5.74, 6) is -2.78. The Labute approximate surface area is 193 Å². The van der Waals surface area contributed by atoms with Crippen LogP contribution >= 0.6 is 11.6 Å². The van der Waals surface area contributed by atoms with Gasteiger partial charge in [0, 0.05) is 30.5 Å². The fourth-order valence-corrected chi connectivity index (χ4v) is 6.97. The molecular weight excluding hydrogens is 448 g/mol. The molecule has 0 saturated carbocycles. The van der Waals surface area contributed by atoms with Crippen molar-refractivity contribution in [3.63, 3.8) is 0 Å². The lowest BCUT2D eigenvalue weighted by Gasteiger charge is -2.33. The van der Waals surface area contributed by atoms with Gasteiger partial charge in [-0.1, -0.05) is 17.7 Å². The number of amides is 3. The molecule has 3 saturated heterocycles. The number of quaternary nitrogens is 1. The highest BCUT2D eigenvalue weighted by molar-refractivity contribution is 6.35. The van der Waals surface area contributed by atoms with E-state index in [0.717, 1.165) is 28.2 Å². The first-order valence-electron chi connectivity index (χ1n) is 10.9. The van der Waals surface area contributed by atoms with Crippen LogP contribution in [-0.4, -0.2) is 35.2 Å². The summed E-state index contributed by atoms with van der Waals surface area (Å²) < 4.78 is 0. The number of fused-ring (bicyclic) bond motifs is 7. The standard InChI is InChI=1S/C23H19ClN4O5/c1-11-8-14-19(15(24)9-11)25-22(31)23(14)18-17(16-6-3-7-26(16)23)20(29)27(21(18)30)12-4-2-5-13(10-12)28(32)33/h2,4-5,8-10,16-18H,3,6-7H2,1H3,(H,25,31)/p+1/t16-,17+,18-,23-/m0/s1. The van der Waals surface area contributed by atoms with Gasteiger partial charge in [-0.25, -0.2) is 4.90 Å². The van der Waals surface area contributed by atoms with Crippen LogP contribution < -0.4 is 15.1 Å². The topological polar surface area (TPSA) is 114 Å². The van der Waals surface area contributed by atoms with Gasteiger partial charge in [0.1, 0.15) is 17.9 Å². The van der Waals surface area contributed by atoms with E-state index < -0.39 is 34.1 Å². The van der Waals surface area contributed by atoms with Crippen molar-refractivity contribution in [3.8, 4) is 0 Å². The number of carbonyl (C=O) groups excluding carboxylic acids is 3. The minimum absolute atomic E-state index is 0.157. The SMILES string of the molecule is Cc1cc(Cl)c2c(c1)[C@@]1(C(=O)N2)[C@@H]2C(=O)N(c3cccc([N+](=O)[O-])c3)C(=O)[C@@H]2[C@@H]2CCC[NH+]21. The van der Waals surface area contributed by atoms with Gasteiger partial charge in [-0.3, -0.25) is 24.5 Å². The third kappa shape index (κ3) is 2.38. The highest BCUT2D eigenvalue weighted by Crippen LogP contribution is 2.53. The number of rotatable bonds is 2. The number of hydrogen-bond donors (Lipinski definition) is 2. The molecule has 4 heterocycles. The maximum atomic E-state index is 13.9. The average molecular weight is 468 g/mol. The smallest absolute Gasteiger partial charge is 0.291 e. The first-order valence-corrected chi connectivity index (χ1v) is 11.2. The van der Waals surface area contributed by atoms with Gasteiger partial charge >= 0.3 is 0 Å². The van der Waals surface area contributed by atoms with Crippen molar-refractivity contribution in [2.45, 2.75) is 31.3 Å². The summed E-state index contributed by atoms with van der Waals surface area (Å²) in [4.78, 5) is 54.0. The van der Waals surface area contributed by atoms with Crippen LogP contribution in [0, 0.1) is 28.9 Å². The molecule has 33 heavy (non-hydrogen) atoms. The molecule has 9 nitrogen and oxygen atoms in total. The van der Waals surface area contributed by atoms with Crippen molar-refractivity contribution >= 4 is 46.4 Å². The fourth-order valence-electron chi connectivity index (χ4n) is 6.65. The summed E-state index contributed by atoms with van der Waals surface area (Å²) in [6, 6.07) is 8.96. The number of nitro groups is 1. The Balaban J connectivity index is 1.55. The lowest BCUT2D eigenvalue weighted by atomic mass is 9.75. The number of benzene rings is 2. The third-order valence-electron chi connectivity index (χ3n) is 7.72. The highest BCUT2D eigenvalue weighted by Gasteiger charge is 2.78. The number of imide groups is 1. The summed E-state index contributed by atoms with van der Waals surface area (Å²) in [7, 11) is 0. The monoisotopic (exact) mass is 467 g/mol. The van der Waals surface area contributed by atoms with Gasteiger partial charge < -0.3 is 10.2 Å². The number of anilines is 2. The number of halogens is 1. The zero-order valence-electron chi connectivity index (χ0n) is 17.6. The lowest BCUT2D eigenvalue weighted by Crippen LogP contribution is -3.19. The Bertz CT molecular complexity index is 1300. The molecule has 4 aliphatic rings. The molecule has 168 valence electrons. The van der Waals surface area contributed by atoms with Crippen LogP contribution in [0.25, 0.3) is 0 Å². The average Bonchev–Trinajstić information content (AvgIpc) is 3.47. The summed E-state index contributed by atoms with van der Waals surface area (Å²) in [5.41, 5.74) is 0.720. The van der Waals surface area contributed by atoms with Gasteiger partial charge in [-0.2, -0.15) is 0 Å². The predicted octanol–water partition coefficient (Wildman–Crippen LogP) is 1.57. The Morgan fingerprint density at radius 3 is 2.76 bits per heavy atom. The minimum atomic E-state index is -1.25. The van der Waals surface area contributed by atoms with E-state index in [1.165, 1.54) is 24.3 Å². The molecule has 4 aliphatic heterocycles. The van der Waals surface area contributed by atoms with E-state index in [2.05, 4.69) is 5.32 Å². The second-order valence-electron chi connectivity index (χ2n) is 9.25. The molecule has 2 aromatic carbocycles.